The third kappa shape index (κ3) is 3.19. The molecule has 0 fully saturated rings. The summed E-state index contributed by atoms with van der Waals surface area (Å²) in [7, 11) is 0. The topological polar surface area (TPSA) is 9.23 Å². The van der Waals surface area contributed by atoms with E-state index in [0.29, 0.717) is 0 Å². The van der Waals surface area contributed by atoms with E-state index in [2.05, 4.69) is 147 Å². The molecule has 7 aromatic rings. The summed E-state index contributed by atoms with van der Waals surface area (Å²) in [6, 6.07) is 48.6. The third-order valence-corrected chi connectivity index (χ3v) is 9.41. The SMILES string of the molecule is CC1(C)c2cc(-c3ccc4c(c3)-c3cccc5cccc(c35)O4)cc(-c3ccccc3)c2-c2ccc3ccccc3c21. The van der Waals surface area contributed by atoms with Gasteiger partial charge in [-0.2, -0.15) is 0 Å². The number of hydrogen-bond acceptors (Lipinski definition) is 1. The fourth-order valence-electron chi connectivity index (χ4n) is 7.47. The van der Waals surface area contributed by atoms with Crippen LogP contribution in [0, 0.1) is 0 Å². The number of hydrogen-bond donors (Lipinski definition) is 0. The van der Waals surface area contributed by atoms with Gasteiger partial charge in [-0.1, -0.05) is 117 Å². The predicted molar refractivity (Wildman–Crippen MR) is 175 cm³/mol. The molecule has 0 saturated carbocycles. The molecule has 198 valence electrons. The molecular formula is C41H28O. The molecule has 0 amide bonds. The van der Waals surface area contributed by atoms with Gasteiger partial charge in [-0.25, -0.2) is 0 Å². The monoisotopic (exact) mass is 536 g/mol. The second kappa shape index (κ2) is 8.44. The second-order valence-corrected chi connectivity index (χ2v) is 12.1. The smallest absolute Gasteiger partial charge is 0.135 e. The Balaban J connectivity index is 1.31. The minimum absolute atomic E-state index is 0.146. The van der Waals surface area contributed by atoms with E-state index in [4.69, 9.17) is 4.74 Å². The van der Waals surface area contributed by atoms with Gasteiger partial charge in [-0.05, 0) is 96.6 Å². The highest BCUT2D eigenvalue weighted by Gasteiger charge is 2.39. The van der Waals surface area contributed by atoms with Gasteiger partial charge in [0.05, 0.1) is 0 Å². The Bertz CT molecular complexity index is 2230. The summed E-state index contributed by atoms with van der Waals surface area (Å²) >= 11 is 0. The lowest BCUT2D eigenvalue weighted by Gasteiger charge is -2.25. The van der Waals surface area contributed by atoms with Crippen molar-refractivity contribution < 1.29 is 4.74 Å². The number of ether oxygens (including phenoxy) is 1. The quantitative estimate of drug-likeness (QED) is 0.213. The molecule has 0 aromatic heterocycles. The Morgan fingerprint density at radius 2 is 1.24 bits per heavy atom. The lowest BCUT2D eigenvalue weighted by Crippen LogP contribution is -2.15. The van der Waals surface area contributed by atoms with Gasteiger partial charge >= 0.3 is 0 Å². The van der Waals surface area contributed by atoms with Crippen LogP contribution in [0.25, 0.3) is 66.1 Å². The van der Waals surface area contributed by atoms with Gasteiger partial charge in [0.25, 0.3) is 0 Å². The molecule has 0 radical (unpaired) electrons. The minimum atomic E-state index is -0.146. The van der Waals surface area contributed by atoms with Crippen molar-refractivity contribution in [2.24, 2.45) is 0 Å². The van der Waals surface area contributed by atoms with Crippen LogP contribution >= 0.6 is 0 Å². The maximum atomic E-state index is 6.42. The molecule has 1 aliphatic heterocycles. The first-order chi connectivity index (χ1) is 20.6. The van der Waals surface area contributed by atoms with Gasteiger partial charge < -0.3 is 4.74 Å². The van der Waals surface area contributed by atoms with E-state index >= 15 is 0 Å². The first-order valence-corrected chi connectivity index (χ1v) is 14.7. The second-order valence-electron chi connectivity index (χ2n) is 12.1. The summed E-state index contributed by atoms with van der Waals surface area (Å²) in [5.74, 6) is 1.84. The van der Waals surface area contributed by atoms with Gasteiger partial charge in [-0.3, -0.25) is 0 Å². The van der Waals surface area contributed by atoms with E-state index < -0.39 is 0 Å². The van der Waals surface area contributed by atoms with Crippen LogP contribution in [0.15, 0.2) is 133 Å². The van der Waals surface area contributed by atoms with E-state index in [-0.39, 0.29) is 5.41 Å². The van der Waals surface area contributed by atoms with Crippen molar-refractivity contribution in [3.8, 4) is 56.0 Å². The van der Waals surface area contributed by atoms with Crippen molar-refractivity contribution in [1.82, 2.24) is 0 Å². The Morgan fingerprint density at radius 1 is 0.476 bits per heavy atom. The first kappa shape index (κ1) is 23.6. The van der Waals surface area contributed by atoms with Crippen molar-refractivity contribution in [3.05, 3.63) is 145 Å². The molecule has 0 bridgehead atoms. The van der Waals surface area contributed by atoms with Crippen LogP contribution in [-0.2, 0) is 5.41 Å². The summed E-state index contributed by atoms with van der Waals surface area (Å²) in [5, 5.41) is 5.03. The molecule has 42 heavy (non-hydrogen) atoms. The molecule has 7 aromatic carbocycles. The van der Waals surface area contributed by atoms with Crippen molar-refractivity contribution in [1.29, 1.82) is 0 Å². The van der Waals surface area contributed by atoms with Crippen LogP contribution in [0.2, 0.25) is 0 Å². The highest BCUT2D eigenvalue weighted by atomic mass is 16.5. The molecule has 2 aliphatic rings. The number of benzene rings is 7. The minimum Gasteiger partial charge on any atom is -0.456 e. The zero-order chi connectivity index (χ0) is 28.0. The summed E-state index contributed by atoms with van der Waals surface area (Å²) in [4.78, 5) is 0. The predicted octanol–water partition coefficient (Wildman–Crippen LogP) is 11.4. The largest absolute Gasteiger partial charge is 0.456 e. The van der Waals surface area contributed by atoms with Crippen LogP contribution in [0.5, 0.6) is 11.5 Å². The summed E-state index contributed by atoms with van der Waals surface area (Å²) in [5.41, 5.74) is 12.7. The fourth-order valence-corrected chi connectivity index (χ4v) is 7.47. The van der Waals surface area contributed by atoms with Crippen LogP contribution < -0.4 is 4.74 Å². The maximum Gasteiger partial charge on any atom is 0.135 e. The third-order valence-electron chi connectivity index (χ3n) is 9.41. The van der Waals surface area contributed by atoms with Crippen molar-refractivity contribution in [3.63, 3.8) is 0 Å². The van der Waals surface area contributed by atoms with E-state index in [9.17, 15) is 0 Å². The average Bonchev–Trinajstić information content (AvgIpc) is 3.27. The normalized spacial score (nSPS) is 13.9. The van der Waals surface area contributed by atoms with Gasteiger partial charge in [0.15, 0.2) is 0 Å². The molecule has 0 unspecified atom stereocenters. The molecule has 1 heterocycles. The number of fused-ring (bicyclic) bond motifs is 7. The lowest BCUT2D eigenvalue weighted by atomic mass is 9.79. The summed E-state index contributed by atoms with van der Waals surface area (Å²) in [6.07, 6.45) is 0. The number of rotatable bonds is 2. The summed E-state index contributed by atoms with van der Waals surface area (Å²) in [6.45, 7) is 4.78. The highest BCUT2D eigenvalue weighted by Crippen LogP contribution is 2.56. The van der Waals surface area contributed by atoms with Crippen LogP contribution in [0.4, 0.5) is 0 Å². The van der Waals surface area contributed by atoms with Crippen LogP contribution in [0.1, 0.15) is 25.0 Å². The van der Waals surface area contributed by atoms with Crippen LogP contribution in [-0.4, -0.2) is 0 Å². The van der Waals surface area contributed by atoms with E-state index in [0.717, 1.165) is 17.1 Å². The average molecular weight is 537 g/mol. The lowest BCUT2D eigenvalue weighted by molar-refractivity contribution is 0.487. The molecule has 1 nitrogen and oxygen atoms in total. The maximum absolute atomic E-state index is 6.42. The van der Waals surface area contributed by atoms with Gasteiger partial charge in [-0.15, -0.1) is 0 Å². The molecule has 0 spiro atoms. The van der Waals surface area contributed by atoms with Gasteiger partial charge in [0, 0.05) is 16.4 Å². The zero-order valence-electron chi connectivity index (χ0n) is 23.6. The van der Waals surface area contributed by atoms with Gasteiger partial charge in [0.1, 0.15) is 11.5 Å². The van der Waals surface area contributed by atoms with E-state index in [1.165, 1.54) is 71.6 Å². The molecule has 1 heteroatoms. The fraction of sp³-hybridized carbons (Fsp3) is 0.0732. The molecule has 0 atom stereocenters. The zero-order valence-corrected chi connectivity index (χ0v) is 23.6. The Hall–Kier alpha value is -5.14. The first-order valence-electron chi connectivity index (χ1n) is 14.7. The summed E-state index contributed by atoms with van der Waals surface area (Å²) < 4.78 is 6.42. The molecule has 9 rings (SSSR count). The van der Waals surface area contributed by atoms with Crippen LogP contribution in [0.3, 0.4) is 0 Å². The molecule has 0 N–H and O–H groups in total. The van der Waals surface area contributed by atoms with Gasteiger partial charge in [0.2, 0.25) is 0 Å². The highest BCUT2D eigenvalue weighted by molar-refractivity contribution is 6.05. The Morgan fingerprint density at radius 3 is 2.12 bits per heavy atom. The molecule has 0 saturated heterocycles. The Labute approximate surface area is 245 Å². The standard InChI is InChI=1S/C41H28O/c1-41(2)35-24-29(28-19-21-36-34(22-28)31-16-8-13-27-14-9-17-37(42-36)38(27)31)23-33(25-10-4-3-5-11-25)39(35)32-20-18-26-12-6-7-15-30(26)40(32)41/h3-24H,1-2H3. The molecule has 1 aliphatic carbocycles. The van der Waals surface area contributed by atoms with Crippen molar-refractivity contribution in [2.75, 3.05) is 0 Å². The Kier molecular flexibility index (Phi) is 4.73. The van der Waals surface area contributed by atoms with E-state index in [1.54, 1.807) is 0 Å². The molecular weight excluding hydrogens is 508 g/mol. The van der Waals surface area contributed by atoms with Crippen molar-refractivity contribution in [2.45, 2.75) is 19.3 Å². The van der Waals surface area contributed by atoms with Crippen molar-refractivity contribution >= 4 is 21.5 Å². The van der Waals surface area contributed by atoms with E-state index in [1.807, 2.05) is 0 Å².